The first-order valence-corrected chi connectivity index (χ1v) is 4.68. The fraction of sp³-hybridized carbons (Fsp3) is 0.889. The molecule has 76 valence electrons. The van der Waals surface area contributed by atoms with E-state index in [4.69, 9.17) is 5.11 Å². The van der Waals surface area contributed by atoms with Crippen molar-refractivity contribution in [3.8, 4) is 0 Å². The van der Waals surface area contributed by atoms with Gasteiger partial charge in [-0.25, -0.2) is 0 Å². The molecule has 0 bridgehead atoms. The van der Waals surface area contributed by atoms with Crippen molar-refractivity contribution in [2.45, 2.75) is 25.7 Å². The normalized spacial score (nSPS) is 30.3. The minimum absolute atomic E-state index is 0. The molecule has 1 aliphatic heterocycles. The summed E-state index contributed by atoms with van der Waals surface area (Å²) in [5.74, 6) is -0.734. The monoisotopic (exact) mass is 205 g/mol. The number of hydrogen-bond donors (Lipinski definition) is 2. The van der Waals surface area contributed by atoms with Crippen LogP contribution in [0.25, 0.3) is 0 Å². The summed E-state index contributed by atoms with van der Waals surface area (Å²) in [5.41, 5.74) is 0.117. The molecule has 1 atom stereocenters. The van der Waals surface area contributed by atoms with Gasteiger partial charge in [-0.15, -0.1) is 12.4 Å². The maximum absolute atomic E-state index is 10.9. The highest BCUT2D eigenvalue weighted by molar-refractivity contribution is 5.85. The molecule has 2 rings (SSSR count). The molecule has 13 heavy (non-hydrogen) atoms. The minimum atomic E-state index is -0.609. The molecule has 0 aromatic carbocycles. The smallest absolute Gasteiger partial charge is 0.308 e. The predicted molar refractivity (Wildman–Crippen MR) is 52.1 cm³/mol. The fourth-order valence-electron chi connectivity index (χ4n) is 2.76. The van der Waals surface area contributed by atoms with Gasteiger partial charge >= 0.3 is 5.97 Å². The summed E-state index contributed by atoms with van der Waals surface area (Å²) in [6.45, 7) is 1.60. The van der Waals surface area contributed by atoms with Crippen molar-refractivity contribution >= 4 is 18.4 Å². The molecular formula is C9H16ClNO2. The summed E-state index contributed by atoms with van der Waals surface area (Å²) in [5, 5.41) is 12.2. The quantitative estimate of drug-likeness (QED) is 0.678. The zero-order valence-corrected chi connectivity index (χ0v) is 8.40. The van der Waals surface area contributed by atoms with Crippen LogP contribution in [-0.4, -0.2) is 24.2 Å². The van der Waals surface area contributed by atoms with Crippen LogP contribution in [0.15, 0.2) is 0 Å². The molecule has 0 radical (unpaired) electrons. The van der Waals surface area contributed by atoms with E-state index in [-0.39, 0.29) is 23.7 Å². The summed E-state index contributed by atoms with van der Waals surface area (Å²) < 4.78 is 0. The van der Waals surface area contributed by atoms with Crippen LogP contribution in [-0.2, 0) is 4.79 Å². The molecule has 1 unspecified atom stereocenters. The van der Waals surface area contributed by atoms with Gasteiger partial charge in [-0.2, -0.15) is 0 Å². The molecule has 1 saturated heterocycles. The lowest BCUT2D eigenvalue weighted by atomic mass is 9.77. The van der Waals surface area contributed by atoms with Crippen LogP contribution in [0.1, 0.15) is 25.7 Å². The number of carboxylic acid groups (broad SMARTS) is 1. The molecule has 2 N–H and O–H groups in total. The summed E-state index contributed by atoms with van der Waals surface area (Å²) in [4.78, 5) is 10.9. The molecule has 1 spiro atoms. The number of nitrogens with one attached hydrogen (secondary N) is 1. The van der Waals surface area contributed by atoms with Gasteiger partial charge in [-0.3, -0.25) is 4.79 Å². The Labute approximate surface area is 84.3 Å². The van der Waals surface area contributed by atoms with E-state index in [1.54, 1.807) is 0 Å². The Kier molecular flexibility index (Phi) is 3.19. The van der Waals surface area contributed by atoms with E-state index in [1.165, 1.54) is 12.8 Å². The van der Waals surface area contributed by atoms with Crippen LogP contribution < -0.4 is 5.32 Å². The standard InChI is InChI=1S/C9H15NO2.ClH/c11-8(12)7-5-10-6-9(7)3-1-2-4-9;/h7,10H,1-6H2,(H,11,12);1H. The van der Waals surface area contributed by atoms with Gasteiger partial charge in [-0.1, -0.05) is 12.8 Å². The summed E-state index contributed by atoms with van der Waals surface area (Å²) >= 11 is 0. The Morgan fingerprint density at radius 3 is 2.54 bits per heavy atom. The Balaban J connectivity index is 0.000000845. The van der Waals surface area contributed by atoms with E-state index >= 15 is 0 Å². The second-order valence-electron chi connectivity index (χ2n) is 4.09. The third-order valence-corrected chi connectivity index (χ3v) is 3.46. The first-order valence-electron chi connectivity index (χ1n) is 4.68. The number of rotatable bonds is 1. The molecular weight excluding hydrogens is 190 g/mol. The van der Waals surface area contributed by atoms with Gasteiger partial charge in [0.1, 0.15) is 0 Å². The van der Waals surface area contributed by atoms with Crippen LogP contribution >= 0.6 is 12.4 Å². The van der Waals surface area contributed by atoms with Crippen LogP contribution in [0.5, 0.6) is 0 Å². The third kappa shape index (κ3) is 1.67. The first-order chi connectivity index (χ1) is 5.75. The lowest BCUT2D eigenvalue weighted by Gasteiger charge is -2.26. The van der Waals surface area contributed by atoms with Crippen molar-refractivity contribution in [1.29, 1.82) is 0 Å². The van der Waals surface area contributed by atoms with Crippen LogP contribution in [0.2, 0.25) is 0 Å². The first kappa shape index (κ1) is 10.8. The zero-order chi connectivity index (χ0) is 8.60. The molecule has 2 fully saturated rings. The van der Waals surface area contributed by atoms with Gasteiger partial charge in [0.05, 0.1) is 5.92 Å². The highest BCUT2D eigenvalue weighted by Gasteiger charge is 2.48. The fourth-order valence-corrected chi connectivity index (χ4v) is 2.76. The number of halogens is 1. The SMILES string of the molecule is Cl.O=C(O)C1CNCC12CCCC2. The van der Waals surface area contributed by atoms with Gasteiger partial charge in [-0.05, 0) is 18.3 Å². The Morgan fingerprint density at radius 1 is 1.38 bits per heavy atom. The molecule has 0 aromatic rings. The van der Waals surface area contributed by atoms with Crippen molar-refractivity contribution in [1.82, 2.24) is 5.32 Å². The van der Waals surface area contributed by atoms with Gasteiger partial charge in [0, 0.05) is 13.1 Å². The number of aliphatic carboxylic acids is 1. The van der Waals surface area contributed by atoms with Crippen molar-refractivity contribution < 1.29 is 9.90 Å². The van der Waals surface area contributed by atoms with Crippen LogP contribution in [0, 0.1) is 11.3 Å². The Hall–Kier alpha value is -0.280. The maximum atomic E-state index is 10.9. The molecule has 0 amide bonds. The van der Waals surface area contributed by atoms with Crippen molar-refractivity contribution in [3.63, 3.8) is 0 Å². The van der Waals surface area contributed by atoms with Crippen molar-refractivity contribution in [2.24, 2.45) is 11.3 Å². The average Bonchev–Trinajstić information content (AvgIpc) is 2.61. The van der Waals surface area contributed by atoms with Crippen LogP contribution in [0.3, 0.4) is 0 Å². The van der Waals surface area contributed by atoms with E-state index in [9.17, 15) is 4.79 Å². The zero-order valence-electron chi connectivity index (χ0n) is 7.58. The maximum Gasteiger partial charge on any atom is 0.308 e. The molecule has 0 aromatic heterocycles. The molecule has 1 aliphatic carbocycles. The lowest BCUT2D eigenvalue weighted by Crippen LogP contribution is -2.32. The molecule has 4 heteroatoms. The van der Waals surface area contributed by atoms with E-state index in [0.29, 0.717) is 6.54 Å². The third-order valence-electron chi connectivity index (χ3n) is 3.46. The van der Waals surface area contributed by atoms with Gasteiger partial charge in [0.25, 0.3) is 0 Å². The van der Waals surface area contributed by atoms with E-state index in [1.807, 2.05) is 0 Å². The highest BCUT2D eigenvalue weighted by atomic mass is 35.5. The Morgan fingerprint density at radius 2 is 2.00 bits per heavy atom. The van der Waals surface area contributed by atoms with Crippen molar-refractivity contribution in [2.75, 3.05) is 13.1 Å². The van der Waals surface area contributed by atoms with E-state index in [2.05, 4.69) is 5.32 Å². The van der Waals surface area contributed by atoms with Gasteiger partial charge < -0.3 is 10.4 Å². The largest absolute Gasteiger partial charge is 0.481 e. The van der Waals surface area contributed by atoms with Crippen LogP contribution in [0.4, 0.5) is 0 Å². The summed E-state index contributed by atoms with van der Waals surface area (Å²) in [7, 11) is 0. The molecule has 2 aliphatic rings. The summed E-state index contributed by atoms with van der Waals surface area (Å²) in [6.07, 6.45) is 4.64. The second-order valence-corrected chi connectivity index (χ2v) is 4.09. The number of carbonyl (C=O) groups is 1. The Bertz CT molecular complexity index is 196. The van der Waals surface area contributed by atoms with E-state index in [0.717, 1.165) is 19.4 Å². The number of hydrogen-bond acceptors (Lipinski definition) is 2. The minimum Gasteiger partial charge on any atom is -0.481 e. The van der Waals surface area contributed by atoms with Gasteiger partial charge in [0.2, 0.25) is 0 Å². The average molecular weight is 206 g/mol. The number of carboxylic acids is 1. The molecule has 1 heterocycles. The van der Waals surface area contributed by atoms with Crippen molar-refractivity contribution in [3.05, 3.63) is 0 Å². The van der Waals surface area contributed by atoms with Gasteiger partial charge in [0.15, 0.2) is 0 Å². The van der Waals surface area contributed by atoms with E-state index < -0.39 is 5.97 Å². The predicted octanol–water partition coefficient (Wildman–Crippen LogP) is 1.27. The highest BCUT2D eigenvalue weighted by Crippen LogP contribution is 2.46. The summed E-state index contributed by atoms with van der Waals surface area (Å²) in [6, 6.07) is 0. The topological polar surface area (TPSA) is 49.3 Å². The molecule has 3 nitrogen and oxygen atoms in total. The second kappa shape index (κ2) is 3.84. The molecule has 1 saturated carbocycles. The lowest BCUT2D eigenvalue weighted by molar-refractivity contribution is -0.144.